The molecule has 1 amide bonds. The molecule has 0 aromatic heterocycles. The molecule has 22 heavy (non-hydrogen) atoms. The first-order chi connectivity index (χ1) is 10.8. The van der Waals surface area contributed by atoms with Crippen LogP contribution in [-0.4, -0.2) is 21.0 Å². The van der Waals surface area contributed by atoms with Crippen LogP contribution in [0.15, 0.2) is 24.2 Å². The van der Waals surface area contributed by atoms with Gasteiger partial charge in [0.05, 0.1) is 6.93 Å². The Bertz CT molecular complexity index is 830. The van der Waals surface area contributed by atoms with Crippen molar-refractivity contribution in [3.63, 3.8) is 0 Å². The first kappa shape index (κ1) is 13.2. The fraction of sp³-hybridized carbons (Fsp3) is 0.278. The predicted molar refractivity (Wildman–Crippen MR) is 84.0 cm³/mol. The molecule has 0 unspecified atom stereocenters. The number of amides is 1. The summed E-state index contributed by atoms with van der Waals surface area (Å²) in [7, 11) is 0. The number of benzene rings is 2. The van der Waals surface area contributed by atoms with Gasteiger partial charge >= 0.3 is 0 Å². The Kier molecular flexibility index (Phi) is 3.03. The molecule has 1 heterocycles. The van der Waals surface area contributed by atoms with Crippen LogP contribution in [0.4, 0.5) is 0 Å². The molecule has 3 rings (SSSR count). The van der Waals surface area contributed by atoms with Crippen LogP contribution >= 0.6 is 0 Å². The number of phenols is 2. The Morgan fingerprint density at radius 3 is 2.50 bits per heavy atom. The molecular weight excluding hydrogens is 278 g/mol. The van der Waals surface area contributed by atoms with E-state index in [4.69, 9.17) is 1.37 Å². The van der Waals surface area contributed by atoms with E-state index in [1.54, 1.807) is 24.8 Å². The van der Waals surface area contributed by atoms with Gasteiger partial charge in [0.25, 0.3) is 5.91 Å². The molecule has 2 aromatic rings. The maximum Gasteiger partial charge on any atom is 0.258 e. The van der Waals surface area contributed by atoms with E-state index < -0.39 is 0 Å². The first-order valence-corrected chi connectivity index (χ1v) is 7.20. The lowest BCUT2D eigenvalue weighted by Gasteiger charge is -2.19. The molecule has 4 heteroatoms. The highest BCUT2D eigenvalue weighted by Crippen LogP contribution is 2.34. The second-order valence-corrected chi connectivity index (χ2v) is 5.88. The Morgan fingerprint density at radius 1 is 1.09 bits per heavy atom. The van der Waals surface area contributed by atoms with E-state index in [0.29, 0.717) is 30.3 Å². The number of hydrogen-bond acceptors (Lipinski definition) is 3. The summed E-state index contributed by atoms with van der Waals surface area (Å²) in [5.41, 5.74) is 4.22. The number of carbonyl (C=O) groups excluding carboxylic acids is 1. The number of hydrogen-bond donors (Lipinski definition) is 2. The van der Waals surface area contributed by atoms with Crippen molar-refractivity contribution in [1.29, 1.82) is 0 Å². The monoisotopic (exact) mass is 298 g/mol. The van der Waals surface area contributed by atoms with Crippen LogP contribution < -0.4 is 0 Å². The fourth-order valence-electron chi connectivity index (χ4n) is 2.89. The minimum absolute atomic E-state index is 0.0228. The average Bonchev–Trinajstić information content (AvgIpc) is 2.89. The van der Waals surface area contributed by atoms with E-state index in [1.807, 2.05) is 13.0 Å². The van der Waals surface area contributed by atoms with Crippen molar-refractivity contribution in [2.24, 2.45) is 0 Å². The standard InChI is InChI=1S/C18H19NO3/c1-10-4-5-13-8-19(9-14(13)6-10)18(22)17-12(3)11(2)15(20)7-16(17)21/h4-7,20-21H,8-9H2,1-3H3/i5D. The highest BCUT2D eigenvalue weighted by molar-refractivity contribution is 5.99. The summed E-state index contributed by atoms with van der Waals surface area (Å²) in [6, 6.07) is 5.44. The summed E-state index contributed by atoms with van der Waals surface area (Å²) in [6.07, 6.45) is 0. The number of nitrogens with zero attached hydrogens (tertiary/aromatic N) is 1. The van der Waals surface area contributed by atoms with Crippen molar-refractivity contribution < 1.29 is 16.4 Å². The summed E-state index contributed by atoms with van der Waals surface area (Å²) in [5, 5.41) is 19.9. The van der Waals surface area contributed by atoms with E-state index in [1.165, 1.54) is 6.07 Å². The molecule has 2 aromatic carbocycles. The topological polar surface area (TPSA) is 60.8 Å². The van der Waals surface area contributed by atoms with Gasteiger partial charge in [-0.3, -0.25) is 4.79 Å². The normalized spacial score (nSPS) is 14.0. The number of aromatic hydroxyl groups is 2. The van der Waals surface area contributed by atoms with Gasteiger partial charge in [0.15, 0.2) is 0 Å². The molecule has 114 valence electrons. The fourth-order valence-corrected chi connectivity index (χ4v) is 2.89. The third-order valence-corrected chi connectivity index (χ3v) is 4.33. The van der Waals surface area contributed by atoms with Gasteiger partial charge in [0.2, 0.25) is 0 Å². The second-order valence-electron chi connectivity index (χ2n) is 5.88. The van der Waals surface area contributed by atoms with Gasteiger partial charge in [0, 0.05) is 19.2 Å². The molecule has 2 N–H and O–H groups in total. The number of rotatable bonds is 1. The van der Waals surface area contributed by atoms with Crippen molar-refractivity contribution in [1.82, 2.24) is 4.90 Å². The second kappa shape index (κ2) is 5.05. The van der Waals surface area contributed by atoms with Crippen LogP contribution in [0.25, 0.3) is 0 Å². The Labute approximate surface area is 131 Å². The lowest BCUT2D eigenvalue weighted by Crippen LogP contribution is -2.26. The average molecular weight is 298 g/mol. The van der Waals surface area contributed by atoms with Gasteiger partial charge in [-0.05, 0) is 43.0 Å². The predicted octanol–water partition coefficient (Wildman–Crippen LogP) is 3.18. The van der Waals surface area contributed by atoms with E-state index in [-0.39, 0.29) is 23.0 Å². The summed E-state index contributed by atoms with van der Waals surface area (Å²) < 4.78 is 8.05. The lowest BCUT2D eigenvalue weighted by atomic mass is 10.00. The Hall–Kier alpha value is -2.49. The van der Waals surface area contributed by atoms with E-state index in [0.717, 1.165) is 16.7 Å². The highest BCUT2D eigenvalue weighted by atomic mass is 16.3. The van der Waals surface area contributed by atoms with Gasteiger partial charge in [-0.15, -0.1) is 0 Å². The molecule has 0 bridgehead atoms. The summed E-state index contributed by atoms with van der Waals surface area (Å²) in [5.74, 6) is -0.518. The number of phenolic OH excluding ortho intramolecular Hbond substituents is 2. The molecule has 1 aliphatic rings. The summed E-state index contributed by atoms with van der Waals surface area (Å²) in [6.45, 7) is 6.16. The van der Waals surface area contributed by atoms with E-state index >= 15 is 0 Å². The van der Waals surface area contributed by atoms with Gasteiger partial charge < -0.3 is 15.1 Å². The molecule has 0 atom stereocenters. The molecule has 0 saturated heterocycles. The number of fused-ring (bicyclic) bond motifs is 1. The number of carbonyl (C=O) groups is 1. The smallest absolute Gasteiger partial charge is 0.258 e. The van der Waals surface area contributed by atoms with Crippen LogP contribution in [0.3, 0.4) is 0 Å². The summed E-state index contributed by atoms with van der Waals surface area (Å²) in [4.78, 5) is 14.5. The number of aryl methyl sites for hydroxylation is 1. The quantitative estimate of drug-likeness (QED) is 0.850. The van der Waals surface area contributed by atoms with Crippen molar-refractivity contribution in [3.05, 3.63) is 57.6 Å². The Balaban J connectivity index is 1.98. The van der Waals surface area contributed by atoms with E-state index in [9.17, 15) is 15.0 Å². The third kappa shape index (κ3) is 2.21. The maximum atomic E-state index is 12.8. The van der Waals surface area contributed by atoms with Gasteiger partial charge in [-0.25, -0.2) is 0 Å². The lowest BCUT2D eigenvalue weighted by molar-refractivity contribution is 0.0747. The third-order valence-electron chi connectivity index (χ3n) is 4.33. The van der Waals surface area contributed by atoms with Gasteiger partial charge in [-0.2, -0.15) is 0 Å². The van der Waals surface area contributed by atoms with Crippen molar-refractivity contribution >= 4 is 5.91 Å². The van der Waals surface area contributed by atoms with Crippen LogP contribution in [0.1, 0.15) is 39.5 Å². The summed E-state index contributed by atoms with van der Waals surface area (Å²) >= 11 is 0. The van der Waals surface area contributed by atoms with Gasteiger partial charge in [0.1, 0.15) is 11.5 Å². The molecule has 0 saturated carbocycles. The van der Waals surface area contributed by atoms with Crippen LogP contribution in [0.2, 0.25) is 0 Å². The van der Waals surface area contributed by atoms with Crippen molar-refractivity contribution in [3.8, 4) is 11.5 Å². The molecule has 0 radical (unpaired) electrons. The molecule has 0 aliphatic carbocycles. The zero-order valence-corrected chi connectivity index (χ0v) is 12.9. The molecule has 1 aliphatic heterocycles. The minimum atomic E-state index is -0.281. The Morgan fingerprint density at radius 2 is 1.77 bits per heavy atom. The van der Waals surface area contributed by atoms with Crippen LogP contribution in [0, 0.1) is 20.8 Å². The van der Waals surface area contributed by atoms with Crippen molar-refractivity contribution in [2.45, 2.75) is 33.9 Å². The largest absolute Gasteiger partial charge is 0.508 e. The van der Waals surface area contributed by atoms with Crippen LogP contribution in [0.5, 0.6) is 11.5 Å². The van der Waals surface area contributed by atoms with E-state index in [2.05, 4.69) is 0 Å². The zero-order chi connectivity index (χ0) is 16.9. The van der Waals surface area contributed by atoms with Crippen LogP contribution in [-0.2, 0) is 13.1 Å². The maximum absolute atomic E-state index is 12.8. The SMILES string of the molecule is [2H]c1cc(C)cc2c1CN(C(=O)c1c(O)cc(O)c(C)c1C)C2. The highest BCUT2D eigenvalue weighted by Gasteiger charge is 2.28. The molecular formula is C18H19NO3. The zero-order valence-electron chi connectivity index (χ0n) is 13.9. The molecule has 0 fully saturated rings. The first-order valence-electron chi connectivity index (χ1n) is 7.70. The molecule has 4 nitrogen and oxygen atoms in total. The minimum Gasteiger partial charge on any atom is -0.508 e. The molecule has 0 spiro atoms. The van der Waals surface area contributed by atoms with Gasteiger partial charge in [-0.1, -0.05) is 23.7 Å². The van der Waals surface area contributed by atoms with Crippen molar-refractivity contribution in [2.75, 3.05) is 0 Å².